The van der Waals surface area contributed by atoms with Crippen LogP contribution in [0.4, 0.5) is 0 Å². The molecule has 94 valence electrons. The molecule has 2 unspecified atom stereocenters. The topological polar surface area (TPSA) is 9.23 Å². The first-order chi connectivity index (χ1) is 8.38. The van der Waals surface area contributed by atoms with Crippen molar-refractivity contribution in [2.24, 2.45) is 5.92 Å². The average Bonchev–Trinajstić information content (AvgIpc) is 2.57. The van der Waals surface area contributed by atoms with E-state index in [-0.39, 0.29) is 0 Å². The highest BCUT2D eigenvalue weighted by Gasteiger charge is 2.19. The summed E-state index contributed by atoms with van der Waals surface area (Å²) in [7, 11) is 0. The Kier molecular flexibility index (Phi) is 4.90. The summed E-state index contributed by atoms with van der Waals surface area (Å²) in [6, 6.07) is 10.3. The maximum Gasteiger partial charge on any atom is 0.119 e. The van der Waals surface area contributed by atoms with Crippen molar-refractivity contribution >= 4 is 0 Å². The quantitative estimate of drug-likeness (QED) is 0.677. The molecule has 1 aromatic rings. The molecule has 0 heterocycles. The first-order valence-electron chi connectivity index (χ1n) is 7.10. The van der Waals surface area contributed by atoms with Crippen LogP contribution >= 0.6 is 0 Å². The van der Waals surface area contributed by atoms with Crippen molar-refractivity contribution < 1.29 is 4.74 Å². The second-order valence-corrected chi connectivity index (χ2v) is 5.22. The molecule has 1 nitrogen and oxygen atoms in total. The maximum absolute atomic E-state index is 6.06. The van der Waals surface area contributed by atoms with Gasteiger partial charge in [0.05, 0.1) is 6.10 Å². The summed E-state index contributed by atoms with van der Waals surface area (Å²) in [4.78, 5) is 0. The molecule has 0 spiro atoms. The molecule has 0 bridgehead atoms. The van der Waals surface area contributed by atoms with Crippen molar-refractivity contribution in [3.8, 4) is 5.75 Å². The third-order valence-electron chi connectivity index (χ3n) is 3.78. The minimum Gasteiger partial charge on any atom is -0.490 e. The van der Waals surface area contributed by atoms with Crippen LogP contribution in [0, 0.1) is 5.92 Å². The summed E-state index contributed by atoms with van der Waals surface area (Å²) in [5.41, 5.74) is 0. The Bertz CT molecular complexity index is 307. The smallest absolute Gasteiger partial charge is 0.119 e. The Morgan fingerprint density at radius 2 is 1.88 bits per heavy atom. The molecule has 2 rings (SSSR count). The van der Waals surface area contributed by atoms with Gasteiger partial charge in [-0.3, -0.25) is 0 Å². The summed E-state index contributed by atoms with van der Waals surface area (Å²) >= 11 is 0. The first kappa shape index (κ1) is 12.5. The van der Waals surface area contributed by atoms with Crippen LogP contribution in [0.2, 0.25) is 0 Å². The van der Waals surface area contributed by atoms with Crippen molar-refractivity contribution in [2.45, 2.75) is 58.0 Å². The van der Waals surface area contributed by atoms with E-state index in [1.165, 1.54) is 44.9 Å². The van der Waals surface area contributed by atoms with E-state index in [1.54, 1.807) is 0 Å². The molecule has 17 heavy (non-hydrogen) atoms. The van der Waals surface area contributed by atoms with Gasteiger partial charge in [0.1, 0.15) is 5.75 Å². The van der Waals surface area contributed by atoms with Gasteiger partial charge >= 0.3 is 0 Å². The monoisotopic (exact) mass is 232 g/mol. The van der Waals surface area contributed by atoms with Gasteiger partial charge in [0.2, 0.25) is 0 Å². The van der Waals surface area contributed by atoms with E-state index >= 15 is 0 Å². The summed E-state index contributed by atoms with van der Waals surface area (Å²) in [6.45, 7) is 2.29. The Morgan fingerprint density at radius 3 is 2.65 bits per heavy atom. The van der Waals surface area contributed by atoms with E-state index in [9.17, 15) is 0 Å². The number of benzene rings is 1. The maximum atomic E-state index is 6.06. The van der Waals surface area contributed by atoms with Gasteiger partial charge in [-0.2, -0.15) is 0 Å². The lowest BCUT2D eigenvalue weighted by molar-refractivity contribution is 0.181. The minimum atomic E-state index is 0.444. The average molecular weight is 232 g/mol. The van der Waals surface area contributed by atoms with E-state index in [4.69, 9.17) is 4.74 Å². The second-order valence-electron chi connectivity index (χ2n) is 5.22. The van der Waals surface area contributed by atoms with Crippen LogP contribution < -0.4 is 4.74 Å². The van der Waals surface area contributed by atoms with Crippen LogP contribution in [0.5, 0.6) is 5.75 Å². The number of ether oxygens (including phenoxy) is 1. The van der Waals surface area contributed by atoms with Gasteiger partial charge in [-0.05, 0) is 43.7 Å². The van der Waals surface area contributed by atoms with Gasteiger partial charge in [-0.15, -0.1) is 0 Å². The molecular formula is C16H24O. The van der Waals surface area contributed by atoms with Gasteiger partial charge < -0.3 is 4.74 Å². The second kappa shape index (κ2) is 6.68. The highest BCUT2D eigenvalue weighted by molar-refractivity contribution is 5.21. The number of hydrogen-bond acceptors (Lipinski definition) is 1. The third kappa shape index (κ3) is 4.07. The van der Waals surface area contributed by atoms with E-state index < -0.39 is 0 Å². The zero-order chi connectivity index (χ0) is 11.9. The van der Waals surface area contributed by atoms with Gasteiger partial charge in [0.25, 0.3) is 0 Å². The fourth-order valence-electron chi connectivity index (χ4n) is 2.85. The summed E-state index contributed by atoms with van der Waals surface area (Å²) in [5.74, 6) is 1.98. The Morgan fingerprint density at radius 1 is 1.06 bits per heavy atom. The highest BCUT2D eigenvalue weighted by atomic mass is 16.5. The van der Waals surface area contributed by atoms with E-state index in [0.29, 0.717) is 6.10 Å². The van der Waals surface area contributed by atoms with Gasteiger partial charge in [0.15, 0.2) is 0 Å². The van der Waals surface area contributed by atoms with Crippen molar-refractivity contribution in [1.82, 2.24) is 0 Å². The molecular weight excluding hydrogens is 208 g/mol. The molecule has 0 N–H and O–H groups in total. The van der Waals surface area contributed by atoms with Crippen LogP contribution in [0.25, 0.3) is 0 Å². The molecule has 0 amide bonds. The van der Waals surface area contributed by atoms with Crippen molar-refractivity contribution in [1.29, 1.82) is 0 Å². The van der Waals surface area contributed by atoms with E-state index in [2.05, 4.69) is 19.1 Å². The summed E-state index contributed by atoms with van der Waals surface area (Å²) in [5, 5.41) is 0. The Labute approximate surface area is 105 Å². The van der Waals surface area contributed by atoms with Crippen molar-refractivity contribution in [2.75, 3.05) is 0 Å². The van der Waals surface area contributed by atoms with Gasteiger partial charge in [-0.25, -0.2) is 0 Å². The van der Waals surface area contributed by atoms with Crippen LogP contribution in [0.1, 0.15) is 51.9 Å². The molecule has 0 saturated heterocycles. The molecule has 1 aliphatic rings. The first-order valence-corrected chi connectivity index (χ1v) is 7.10. The Balaban J connectivity index is 1.83. The third-order valence-corrected chi connectivity index (χ3v) is 3.78. The van der Waals surface area contributed by atoms with Crippen LogP contribution in [0.3, 0.4) is 0 Å². The zero-order valence-corrected chi connectivity index (χ0v) is 10.9. The molecule has 1 aliphatic carbocycles. The predicted octanol–water partition coefficient (Wildman–Crippen LogP) is 4.81. The lowest BCUT2D eigenvalue weighted by atomic mass is 9.95. The van der Waals surface area contributed by atoms with E-state index in [1.807, 2.05) is 18.2 Å². The zero-order valence-electron chi connectivity index (χ0n) is 10.9. The molecule has 0 aliphatic heterocycles. The van der Waals surface area contributed by atoms with Crippen LogP contribution in [-0.2, 0) is 0 Å². The van der Waals surface area contributed by atoms with Crippen molar-refractivity contribution in [3.63, 3.8) is 0 Å². The summed E-state index contributed by atoms with van der Waals surface area (Å²) < 4.78 is 6.06. The molecule has 1 saturated carbocycles. The lowest BCUT2D eigenvalue weighted by Crippen LogP contribution is -2.15. The highest BCUT2D eigenvalue weighted by Crippen LogP contribution is 2.28. The molecule has 1 fully saturated rings. The van der Waals surface area contributed by atoms with E-state index in [0.717, 1.165) is 11.7 Å². The van der Waals surface area contributed by atoms with Crippen LogP contribution in [-0.4, -0.2) is 6.10 Å². The van der Waals surface area contributed by atoms with Crippen LogP contribution in [0.15, 0.2) is 30.3 Å². The molecule has 1 aromatic carbocycles. The normalized spacial score (nSPS) is 25.2. The number of rotatable bonds is 4. The molecule has 0 aromatic heterocycles. The fourth-order valence-corrected chi connectivity index (χ4v) is 2.85. The molecule has 0 radical (unpaired) electrons. The number of para-hydroxylation sites is 1. The SMILES string of the molecule is CCCC1CCCC(Oc2ccccc2)CC1. The Hall–Kier alpha value is -0.980. The van der Waals surface area contributed by atoms with Crippen molar-refractivity contribution in [3.05, 3.63) is 30.3 Å². The standard InChI is InChI=1S/C16H24O/c1-2-7-14-8-6-11-16(13-12-14)17-15-9-4-3-5-10-15/h3-5,9-10,14,16H,2,6-8,11-13H2,1H3. The summed E-state index contributed by atoms with van der Waals surface area (Å²) in [6.07, 6.45) is 9.73. The molecule has 2 atom stereocenters. The minimum absolute atomic E-state index is 0.444. The largest absolute Gasteiger partial charge is 0.490 e. The molecule has 1 heteroatoms. The lowest BCUT2D eigenvalue weighted by Gasteiger charge is -2.17. The number of hydrogen-bond donors (Lipinski definition) is 0. The fraction of sp³-hybridized carbons (Fsp3) is 0.625. The predicted molar refractivity (Wildman–Crippen MR) is 72.3 cm³/mol. The van der Waals surface area contributed by atoms with Gasteiger partial charge in [-0.1, -0.05) is 44.4 Å². The van der Waals surface area contributed by atoms with Gasteiger partial charge in [0, 0.05) is 0 Å².